The summed E-state index contributed by atoms with van der Waals surface area (Å²) in [5.74, 6) is 0. The van der Waals surface area contributed by atoms with E-state index in [4.69, 9.17) is 5.11 Å². The molecule has 0 saturated heterocycles. The van der Waals surface area contributed by atoms with Crippen LogP contribution in [0, 0.1) is 0 Å². The summed E-state index contributed by atoms with van der Waals surface area (Å²) in [5, 5.41) is 9.02. The van der Waals surface area contributed by atoms with Gasteiger partial charge in [0.05, 0.1) is 6.10 Å². The molecule has 0 spiro atoms. The Morgan fingerprint density at radius 1 is 1.50 bits per heavy atom. The highest BCUT2D eigenvalue weighted by Crippen LogP contribution is 2.23. The number of hydrogen-bond donors (Lipinski definition) is 1. The predicted octanol–water partition coefficient (Wildman–Crippen LogP) is 2.66. The van der Waals surface area contributed by atoms with E-state index in [0.717, 1.165) is 0 Å². The Kier molecular flexibility index (Phi) is 4.31. The number of aliphatic hydroxyl groups is 1. The predicted molar refractivity (Wildman–Crippen MR) is 40.7 cm³/mol. The molecule has 0 heterocycles. The van der Waals surface area contributed by atoms with Crippen molar-refractivity contribution in [1.29, 1.82) is 0 Å². The molecule has 12 heavy (non-hydrogen) atoms. The second kappa shape index (κ2) is 4.50. The number of aliphatic hydroxyl groups excluding tert-OH is 1. The molecule has 0 fully saturated rings. The molecule has 0 bridgehead atoms. The van der Waals surface area contributed by atoms with E-state index in [9.17, 15) is 13.2 Å². The van der Waals surface area contributed by atoms with E-state index in [2.05, 4.69) is 6.58 Å². The molecule has 0 aromatic carbocycles. The van der Waals surface area contributed by atoms with E-state index in [0.29, 0.717) is 5.57 Å². The van der Waals surface area contributed by atoms with Crippen molar-refractivity contribution < 1.29 is 18.3 Å². The van der Waals surface area contributed by atoms with Gasteiger partial charge in [0, 0.05) is 6.42 Å². The lowest BCUT2D eigenvalue weighted by atomic mass is 10.1. The minimum absolute atomic E-state index is 0.240. The maximum atomic E-state index is 11.6. The van der Waals surface area contributed by atoms with Crippen molar-refractivity contribution in [2.45, 2.75) is 38.5 Å². The zero-order valence-corrected chi connectivity index (χ0v) is 6.99. The third kappa shape index (κ3) is 7.60. The van der Waals surface area contributed by atoms with E-state index >= 15 is 0 Å². The Hall–Kier alpha value is -0.510. The first kappa shape index (κ1) is 11.5. The molecular formula is C8H13F3O. The van der Waals surface area contributed by atoms with Gasteiger partial charge < -0.3 is 5.11 Å². The van der Waals surface area contributed by atoms with E-state index in [1.54, 1.807) is 6.92 Å². The molecule has 0 saturated carbocycles. The highest BCUT2D eigenvalue weighted by atomic mass is 19.4. The zero-order chi connectivity index (χ0) is 9.78. The van der Waals surface area contributed by atoms with Gasteiger partial charge in [0.1, 0.15) is 0 Å². The zero-order valence-electron chi connectivity index (χ0n) is 6.99. The third-order valence-electron chi connectivity index (χ3n) is 1.35. The first-order chi connectivity index (χ1) is 5.31. The molecule has 4 heteroatoms. The molecule has 0 aromatic heterocycles. The van der Waals surface area contributed by atoms with Gasteiger partial charge in [-0.2, -0.15) is 13.2 Å². The standard InChI is InChI=1S/C8H13F3O/c1-6(2)5-7(12)3-4-8(9,10)11/h7,12H,1,3-5H2,2H3. The highest BCUT2D eigenvalue weighted by Gasteiger charge is 2.27. The van der Waals surface area contributed by atoms with Crippen molar-refractivity contribution in [3.63, 3.8) is 0 Å². The van der Waals surface area contributed by atoms with Crippen LogP contribution in [0.2, 0.25) is 0 Å². The fourth-order valence-electron chi connectivity index (χ4n) is 0.835. The van der Waals surface area contributed by atoms with Crippen molar-refractivity contribution >= 4 is 0 Å². The molecule has 0 aromatic rings. The van der Waals surface area contributed by atoms with Gasteiger partial charge in [-0.3, -0.25) is 0 Å². The average Bonchev–Trinajstić information content (AvgIpc) is 1.80. The van der Waals surface area contributed by atoms with Crippen LogP contribution < -0.4 is 0 Å². The Labute approximate surface area is 69.9 Å². The number of alkyl halides is 3. The molecule has 1 atom stereocenters. The van der Waals surface area contributed by atoms with Crippen molar-refractivity contribution in [3.8, 4) is 0 Å². The summed E-state index contributed by atoms with van der Waals surface area (Å²) < 4.78 is 34.9. The maximum absolute atomic E-state index is 11.6. The fraction of sp³-hybridized carbons (Fsp3) is 0.750. The molecule has 72 valence electrons. The van der Waals surface area contributed by atoms with Crippen LogP contribution in [-0.2, 0) is 0 Å². The maximum Gasteiger partial charge on any atom is 0.389 e. The summed E-state index contributed by atoms with van der Waals surface area (Å²) in [6.07, 6.45) is -6.01. The molecule has 0 aliphatic heterocycles. The van der Waals surface area contributed by atoms with Crippen LogP contribution in [0.5, 0.6) is 0 Å². The lowest BCUT2D eigenvalue weighted by molar-refractivity contribution is -0.139. The van der Waals surface area contributed by atoms with Crippen LogP contribution in [0.4, 0.5) is 13.2 Å². The molecule has 1 unspecified atom stereocenters. The van der Waals surface area contributed by atoms with Crippen molar-refractivity contribution in [2.24, 2.45) is 0 Å². The Bertz CT molecular complexity index is 151. The topological polar surface area (TPSA) is 20.2 Å². The van der Waals surface area contributed by atoms with Crippen LogP contribution in [0.3, 0.4) is 0 Å². The first-order valence-corrected chi connectivity index (χ1v) is 3.70. The molecule has 0 aliphatic carbocycles. The van der Waals surface area contributed by atoms with Gasteiger partial charge in [-0.05, 0) is 19.8 Å². The van der Waals surface area contributed by atoms with E-state index in [1.807, 2.05) is 0 Å². The second-order valence-electron chi connectivity index (χ2n) is 2.97. The summed E-state index contributed by atoms with van der Waals surface area (Å²) in [6, 6.07) is 0. The molecular weight excluding hydrogens is 169 g/mol. The smallest absolute Gasteiger partial charge is 0.389 e. The lowest BCUT2D eigenvalue weighted by Gasteiger charge is -2.11. The van der Waals surface area contributed by atoms with Crippen LogP contribution in [0.1, 0.15) is 26.2 Å². The van der Waals surface area contributed by atoms with Gasteiger partial charge in [0.25, 0.3) is 0 Å². The van der Waals surface area contributed by atoms with Crippen molar-refractivity contribution in [2.75, 3.05) is 0 Å². The average molecular weight is 182 g/mol. The van der Waals surface area contributed by atoms with Crippen LogP contribution in [-0.4, -0.2) is 17.4 Å². The van der Waals surface area contributed by atoms with Crippen molar-refractivity contribution in [3.05, 3.63) is 12.2 Å². The van der Waals surface area contributed by atoms with Crippen LogP contribution >= 0.6 is 0 Å². The molecule has 0 amide bonds. The van der Waals surface area contributed by atoms with Gasteiger partial charge >= 0.3 is 6.18 Å². The van der Waals surface area contributed by atoms with Gasteiger partial charge in [0.2, 0.25) is 0 Å². The largest absolute Gasteiger partial charge is 0.393 e. The molecule has 0 rings (SSSR count). The van der Waals surface area contributed by atoms with Gasteiger partial charge in [-0.1, -0.05) is 5.57 Å². The first-order valence-electron chi connectivity index (χ1n) is 3.70. The van der Waals surface area contributed by atoms with E-state index < -0.39 is 18.7 Å². The van der Waals surface area contributed by atoms with Gasteiger partial charge in [-0.25, -0.2) is 0 Å². The molecule has 0 aliphatic rings. The normalized spacial score (nSPS) is 14.4. The third-order valence-corrected chi connectivity index (χ3v) is 1.35. The van der Waals surface area contributed by atoms with Crippen LogP contribution in [0.15, 0.2) is 12.2 Å². The Balaban J connectivity index is 3.57. The number of rotatable bonds is 4. The second-order valence-corrected chi connectivity index (χ2v) is 2.97. The lowest BCUT2D eigenvalue weighted by Crippen LogP contribution is -2.14. The summed E-state index contributed by atoms with van der Waals surface area (Å²) in [7, 11) is 0. The van der Waals surface area contributed by atoms with E-state index in [-0.39, 0.29) is 12.8 Å². The monoisotopic (exact) mass is 182 g/mol. The quantitative estimate of drug-likeness (QED) is 0.662. The Morgan fingerprint density at radius 3 is 2.33 bits per heavy atom. The molecule has 0 radical (unpaired) electrons. The minimum Gasteiger partial charge on any atom is -0.393 e. The number of halogens is 3. The summed E-state index contributed by atoms with van der Waals surface area (Å²) in [5.41, 5.74) is 0.699. The van der Waals surface area contributed by atoms with Crippen LogP contribution in [0.25, 0.3) is 0 Å². The SMILES string of the molecule is C=C(C)CC(O)CCC(F)(F)F. The Morgan fingerprint density at radius 2 is 2.00 bits per heavy atom. The molecule has 1 nitrogen and oxygen atoms in total. The van der Waals surface area contributed by atoms with Crippen molar-refractivity contribution in [1.82, 2.24) is 0 Å². The highest BCUT2D eigenvalue weighted by molar-refractivity contribution is 4.90. The fourth-order valence-corrected chi connectivity index (χ4v) is 0.835. The van der Waals surface area contributed by atoms with Gasteiger partial charge in [0.15, 0.2) is 0 Å². The summed E-state index contributed by atoms with van der Waals surface area (Å²) in [4.78, 5) is 0. The molecule has 1 N–H and O–H groups in total. The van der Waals surface area contributed by atoms with Gasteiger partial charge in [-0.15, -0.1) is 6.58 Å². The van der Waals surface area contributed by atoms with E-state index in [1.165, 1.54) is 0 Å². The number of hydrogen-bond acceptors (Lipinski definition) is 1. The summed E-state index contributed by atoms with van der Waals surface area (Å²) in [6.45, 7) is 5.18. The summed E-state index contributed by atoms with van der Waals surface area (Å²) >= 11 is 0. The minimum atomic E-state index is -4.17.